The van der Waals surface area contributed by atoms with Crippen molar-refractivity contribution in [3.63, 3.8) is 0 Å². The maximum absolute atomic E-state index is 12.0. The summed E-state index contributed by atoms with van der Waals surface area (Å²) < 4.78 is 0. The highest BCUT2D eigenvalue weighted by molar-refractivity contribution is 5.81. The monoisotopic (exact) mass is 449 g/mol. The minimum absolute atomic E-state index is 0.177. The van der Waals surface area contributed by atoms with E-state index in [9.17, 15) is 19.8 Å². The number of carbonyl (C=O) groups excluding carboxylic acids is 1. The quantitative estimate of drug-likeness (QED) is 0.496. The normalized spacial score (nSPS) is 46.5. The van der Waals surface area contributed by atoms with Gasteiger partial charge in [-0.05, 0) is 104 Å². The number of aliphatic hydroxyl groups is 2. The molecule has 1 amide bonds. The SMILES string of the molecule is CC(CCC(=O)NCC(=O)O)C1CCC2C3C(O)CC4CC(O)CCC4(C)C3CCC12C. The number of carboxylic acids is 1. The molecule has 0 aromatic heterocycles. The standard InChI is InChI=1S/C26H43NO5/c1-15(4-7-22(30)27-14-23(31)32)18-5-6-19-24-20(9-11-26(18,19)3)25(2)10-8-17(28)12-16(25)13-21(24)29/h15-21,24,28-29H,4-14H2,1-3H3,(H,27,30)(H,31,32). The second-order valence-electron chi connectivity index (χ2n) is 12.1. The largest absolute Gasteiger partial charge is 0.480 e. The highest BCUT2D eigenvalue weighted by Crippen LogP contribution is 2.68. The molecule has 0 saturated heterocycles. The molecular weight excluding hydrogens is 406 g/mol. The molecule has 0 aromatic carbocycles. The molecule has 4 N–H and O–H groups in total. The Morgan fingerprint density at radius 3 is 2.41 bits per heavy atom. The van der Waals surface area contributed by atoms with Gasteiger partial charge in [0.25, 0.3) is 0 Å². The predicted octanol–water partition coefficient (Wildman–Crippen LogP) is 3.59. The molecule has 182 valence electrons. The van der Waals surface area contributed by atoms with Crippen LogP contribution in [0.25, 0.3) is 0 Å². The van der Waals surface area contributed by atoms with E-state index in [4.69, 9.17) is 5.11 Å². The summed E-state index contributed by atoms with van der Waals surface area (Å²) in [6.45, 7) is 6.83. The van der Waals surface area contributed by atoms with Crippen molar-refractivity contribution in [2.45, 2.75) is 97.2 Å². The van der Waals surface area contributed by atoms with Crippen LogP contribution in [0.3, 0.4) is 0 Å². The van der Waals surface area contributed by atoms with Gasteiger partial charge in [0.2, 0.25) is 5.91 Å². The number of carbonyl (C=O) groups is 2. The number of fused-ring (bicyclic) bond motifs is 5. The molecule has 6 heteroatoms. The Hall–Kier alpha value is -1.14. The summed E-state index contributed by atoms with van der Waals surface area (Å²) >= 11 is 0. The average molecular weight is 450 g/mol. The Morgan fingerprint density at radius 2 is 1.69 bits per heavy atom. The molecule has 6 nitrogen and oxygen atoms in total. The van der Waals surface area contributed by atoms with E-state index in [0.29, 0.717) is 41.9 Å². The van der Waals surface area contributed by atoms with Gasteiger partial charge in [-0.1, -0.05) is 20.8 Å². The number of hydrogen-bond donors (Lipinski definition) is 4. The van der Waals surface area contributed by atoms with Gasteiger partial charge < -0.3 is 20.6 Å². The zero-order valence-corrected chi connectivity index (χ0v) is 20.1. The first kappa shape index (κ1) is 24.0. The van der Waals surface area contributed by atoms with E-state index in [0.717, 1.165) is 44.9 Å². The van der Waals surface area contributed by atoms with Crippen LogP contribution in [0.4, 0.5) is 0 Å². The third kappa shape index (κ3) is 4.11. The average Bonchev–Trinajstić information content (AvgIpc) is 3.09. The number of aliphatic hydroxyl groups excluding tert-OH is 2. The van der Waals surface area contributed by atoms with Gasteiger partial charge in [-0.3, -0.25) is 9.59 Å². The molecule has 0 radical (unpaired) electrons. The lowest BCUT2D eigenvalue weighted by Crippen LogP contribution is -2.58. The fraction of sp³-hybridized carbons (Fsp3) is 0.923. The third-order valence-corrected chi connectivity index (χ3v) is 10.7. The van der Waals surface area contributed by atoms with E-state index in [1.165, 1.54) is 12.8 Å². The first-order chi connectivity index (χ1) is 15.1. The Bertz CT molecular complexity index is 727. The van der Waals surface area contributed by atoms with Crippen molar-refractivity contribution >= 4 is 11.9 Å². The first-order valence-electron chi connectivity index (χ1n) is 12.9. The fourth-order valence-corrected chi connectivity index (χ4v) is 9.00. The van der Waals surface area contributed by atoms with Crippen molar-refractivity contribution in [3.8, 4) is 0 Å². The smallest absolute Gasteiger partial charge is 0.322 e. The summed E-state index contributed by atoms with van der Waals surface area (Å²) in [7, 11) is 0. The number of amides is 1. The van der Waals surface area contributed by atoms with Gasteiger partial charge >= 0.3 is 5.97 Å². The summed E-state index contributed by atoms with van der Waals surface area (Å²) in [5.74, 6) is 1.66. The number of hydrogen-bond acceptors (Lipinski definition) is 4. The number of nitrogens with one attached hydrogen (secondary N) is 1. The molecule has 4 fully saturated rings. The van der Waals surface area contributed by atoms with E-state index in [1.54, 1.807) is 0 Å². The molecule has 0 aliphatic heterocycles. The van der Waals surface area contributed by atoms with Gasteiger partial charge in [0, 0.05) is 6.42 Å². The van der Waals surface area contributed by atoms with Crippen molar-refractivity contribution in [2.75, 3.05) is 6.54 Å². The lowest BCUT2D eigenvalue weighted by Gasteiger charge is -2.62. The highest BCUT2D eigenvalue weighted by atomic mass is 16.4. The molecule has 4 saturated carbocycles. The van der Waals surface area contributed by atoms with Crippen LogP contribution in [0.5, 0.6) is 0 Å². The number of aliphatic carboxylic acids is 1. The van der Waals surface area contributed by atoms with E-state index in [1.807, 2.05) is 0 Å². The summed E-state index contributed by atoms with van der Waals surface area (Å²) in [5.41, 5.74) is 0.451. The van der Waals surface area contributed by atoms with Crippen LogP contribution in [0.2, 0.25) is 0 Å². The second kappa shape index (κ2) is 8.90. The van der Waals surface area contributed by atoms with Crippen LogP contribution >= 0.6 is 0 Å². The van der Waals surface area contributed by atoms with Crippen LogP contribution in [0.15, 0.2) is 0 Å². The molecule has 4 aliphatic rings. The fourth-order valence-electron chi connectivity index (χ4n) is 9.00. The second-order valence-corrected chi connectivity index (χ2v) is 12.1. The lowest BCUT2D eigenvalue weighted by atomic mass is 9.43. The minimum Gasteiger partial charge on any atom is -0.480 e. The maximum atomic E-state index is 12.0. The molecule has 0 bridgehead atoms. The molecule has 4 rings (SSSR count). The summed E-state index contributed by atoms with van der Waals surface area (Å²) in [5, 5.41) is 32.8. The summed E-state index contributed by atoms with van der Waals surface area (Å²) in [4.78, 5) is 22.7. The Labute approximate surface area is 192 Å². The predicted molar refractivity (Wildman–Crippen MR) is 122 cm³/mol. The van der Waals surface area contributed by atoms with Crippen LogP contribution in [0.1, 0.15) is 85.0 Å². The molecule has 0 spiro atoms. The van der Waals surface area contributed by atoms with Gasteiger partial charge in [0.05, 0.1) is 12.2 Å². The molecule has 10 unspecified atom stereocenters. The molecular formula is C26H43NO5. The van der Waals surface area contributed by atoms with Crippen LogP contribution in [-0.2, 0) is 9.59 Å². The van der Waals surface area contributed by atoms with E-state index < -0.39 is 5.97 Å². The maximum Gasteiger partial charge on any atom is 0.322 e. The van der Waals surface area contributed by atoms with Crippen LogP contribution < -0.4 is 5.32 Å². The van der Waals surface area contributed by atoms with Crippen molar-refractivity contribution in [2.24, 2.45) is 46.3 Å². The van der Waals surface area contributed by atoms with Gasteiger partial charge in [-0.25, -0.2) is 0 Å². The molecule has 32 heavy (non-hydrogen) atoms. The Morgan fingerprint density at radius 1 is 1.00 bits per heavy atom. The van der Waals surface area contributed by atoms with Crippen molar-refractivity contribution in [1.29, 1.82) is 0 Å². The molecule has 4 aliphatic carbocycles. The van der Waals surface area contributed by atoms with Crippen LogP contribution in [0, 0.1) is 46.3 Å². The molecule has 0 heterocycles. The van der Waals surface area contributed by atoms with Crippen molar-refractivity contribution in [1.82, 2.24) is 5.32 Å². The van der Waals surface area contributed by atoms with Crippen molar-refractivity contribution in [3.05, 3.63) is 0 Å². The van der Waals surface area contributed by atoms with E-state index in [-0.39, 0.29) is 35.5 Å². The molecule has 0 aromatic rings. The lowest BCUT2D eigenvalue weighted by molar-refractivity contribution is -0.174. The zero-order chi connectivity index (χ0) is 23.3. The topological polar surface area (TPSA) is 107 Å². The van der Waals surface area contributed by atoms with Gasteiger partial charge in [0.1, 0.15) is 6.54 Å². The van der Waals surface area contributed by atoms with E-state index in [2.05, 4.69) is 26.1 Å². The number of rotatable bonds is 6. The Balaban J connectivity index is 1.44. The van der Waals surface area contributed by atoms with Gasteiger partial charge in [0.15, 0.2) is 0 Å². The number of carboxylic acid groups (broad SMARTS) is 1. The van der Waals surface area contributed by atoms with E-state index >= 15 is 0 Å². The Kier molecular flexibility index (Phi) is 6.68. The third-order valence-electron chi connectivity index (χ3n) is 10.7. The highest BCUT2D eigenvalue weighted by Gasteiger charge is 2.62. The molecule has 10 atom stereocenters. The van der Waals surface area contributed by atoms with Crippen molar-refractivity contribution < 1.29 is 24.9 Å². The summed E-state index contributed by atoms with van der Waals surface area (Å²) in [6, 6.07) is 0. The van der Waals surface area contributed by atoms with Gasteiger partial charge in [-0.15, -0.1) is 0 Å². The van der Waals surface area contributed by atoms with Crippen LogP contribution in [-0.4, -0.2) is 45.9 Å². The summed E-state index contributed by atoms with van der Waals surface area (Å²) in [6.07, 6.45) is 9.06. The zero-order valence-electron chi connectivity index (χ0n) is 20.1. The van der Waals surface area contributed by atoms with Gasteiger partial charge in [-0.2, -0.15) is 0 Å². The minimum atomic E-state index is -1.01. The first-order valence-corrected chi connectivity index (χ1v) is 12.9.